The summed E-state index contributed by atoms with van der Waals surface area (Å²) in [5, 5.41) is 0. The first-order valence-electron chi connectivity index (χ1n) is 9.42. The zero-order valence-corrected chi connectivity index (χ0v) is 17.0. The predicted octanol–water partition coefficient (Wildman–Crippen LogP) is 2.93. The maximum absolute atomic E-state index is 11.6. The van der Waals surface area contributed by atoms with Gasteiger partial charge in [0.2, 0.25) is 0 Å². The maximum atomic E-state index is 11.6. The number of ether oxygens (including phenoxy) is 1. The molecule has 0 amide bonds. The quantitative estimate of drug-likeness (QED) is 0.584. The Balaban J connectivity index is 1.76. The SMILES string of the molecule is CCN(CCCCN1CC=COC1)[C@@H](C)Cc1ccc(S(C)(=O)=O)cc1. The van der Waals surface area contributed by atoms with Gasteiger partial charge in [-0.05, 0) is 63.0 Å². The number of rotatable bonds is 10. The number of nitrogens with zero attached hydrogens (tertiary/aromatic N) is 2. The van der Waals surface area contributed by atoms with E-state index in [1.165, 1.54) is 24.7 Å². The van der Waals surface area contributed by atoms with Crippen molar-refractivity contribution in [3.63, 3.8) is 0 Å². The van der Waals surface area contributed by atoms with Crippen LogP contribution in [0.4, 0.5) is 0 Å². The fourth-order valence-electron chi connectivity index (χ4n) is 3.30. The number of likely N-dealkylation sites (N-methyl/N-ethyl adjacent to an activating group) is 1. The number of hydrogen-bond donors (Lipinski definition) is 0. The highest BCUT2D eigenvalue weighted by atomic mass is 32.2. The number of hydrogen-bond acceptors (Lipinski definition) is 5. The molecule has 1 aliphatic rings. The van der Waals surface area contributed by atoms with Crippen molar-refractivity contribution in [2.75, 3.05) is 39.2 Å². The van der Waals surface area contributed by atoms with Crippen LogP contribution in [0.25, 0.3) is 0 Å². The molecule has 0 spiro atoms. The zero-order valence-electron chi connectivity index (χ0n) is 16.2. The largest absolute Gasteiger partial charge is 0.486 e. The Morgan fingerprint density at radius 2 is 1.96 bits per heavy atom. The van der Waals surface area contributed by atoms with Crippen molar-refractivity contribution in [3.05, 3.63) is 42.2 Å². The summed E-state index contributed by atoms with van der Waals surface area (Å²) in [6.45, 7) is 9.32. The Hall–Kier alpha value is -1.37. The maximum Gasteiger partial charge on any atom is 0.175 e. The average molecular weight is 381 g/mol. The lowest BCUT2D eigenvalue weighted by atomic mass is 10.1. The van der Waals surface area contributed by atoms with Gasteiger partial charge in [0.25, 0.3) is 0 Å². The number of sulfone groups is 1. The van der Waals surface area contributed by atoms with Crippen molar-refractivity contribution in [3.8, 4) is 0 Å². The van der Waals surface area contributed by atoms with Crippen LogP contribution in [0.3, 0.4) is 0 Å². The van der Waals surface area contributed by atoms with E-state index in [0.717, 1.165) is 32.6 Å². The van der Waals surface area contributed by atoms with Gasteiger partial charge in [0.1, 0.15) is 6.73 Å². The average Bonchev–Trinajstić information content (AvgIpc) is 2.62. The standard InChI is InChI=1S/C20H32N2O3S/c1-4-22(14-6-5-12-21-13-7-15-25-17-21)18(2)16-19-8-10-20(11-9-19)26(3,23)24/h7-11,15,18H,4-6,12-14,16-17H2,1-3H3/t18-/m0/s1. The highest BCUT2D eigenvalue weighted by Gasteiger charge is 2.14. The van der Waals surface area contributed by atoms with Crippen molar-refractivity contribution in [2.45, 2.75) is 44.0 Å². The second-order valence-corrected chi connectivity index (χ2v) is 9.07. The molecule has 26 heavy (non-hydrogen) atoms. The van der Waals surface area contributed by atoms with E-state index in [1.54, 1.807) is 18.4 Å². The molecule has 1 atom stereocenters. The Morgan fingerprint density at radius 3 is 2.54 bits per heavy atom. The first kappa shape index (κ1) is 20.9. The fourth-order valence-corrected chi connectivity index (χ4v) is 3.93. The van der Waals surface area contributed by atoms with Crippen LogP contribution >= 0.6 is 0 Å². The van der Waals surface area contributed by atoms with E-state index in [9.17, 15) is 8.42 Å². The second-order valence-electron chi connectivity index (χ2n) is 7.05. The van der Waals surface area contributed by atoms with Gasteiger partial charge in [0.15, 0.2) is 9.84 Å². The van der Waals surface area contributed by atoms with Gasteiger partial charge in [-0.25, -0.2) is 8.42 Å². The predicted molar refractivity (Wildman–Crippen MR) is 106 cm³/mol. The molecule has 0 bridgehead atoms. The van der Waals surface area contributed by atoms with Gasteiger partial charge in [-0.15, -0.1) is 0 Å². The first-order valence-corrected chi connectivity index (χ1v) is 11.3. The van der Waals surface area contributed by atoms with E-state index in [4.69, 9.17) is 4.74 Å². The molecule has 5 nitrogen and oxygen atoms in total. The molecule has 0 radical (unpaired) electrons. The van der Waals surface area contributed by atoms with Crippen LogP contribution in [0, 0.1) is 0 Å². The lowest BCUT2D eigenvalue weighted by Gasteiger charge is -2.29. The summed E-state index contributed by atoms with van der Waals surface area (Å²) in [6.07, 6.45) is 8.35. The summed E-state index contributed by atoms with van der Waals surface area (Å²) < 4.78 is 28.4. The first-order chi connectivity index (χ1) is 12.4. The second kappa shape index (κ2) is 10.1. The molecule has 1 heterocycles. The van der Waals surface area contributed by atoms with E-state index >= 15 is 0 Å². The van der Waals surface area contributed by atoms with Crippen LogP contribution < -0.4 is 0 Å². The molecular formula is C20H32N2O3S. The van der Waals surface area contributed by atoms with E-state index in [0.29, 0.717) is 17.7 Å². The molecule has 1 aromatic carbocycles. The smallest absolute Gasteiger partial charge is 0.175 e. The van der Waals surface area contributed by atoms with Crippen LogP contribution in [0.5, 0.6) is 0 Å². The monoisotopic (exact) mass is 380 g/mol. The van der Waals surface area contributed by atoms with Gasteiger partial charge in [-0.2, -0.15) is 0 Å². The van der Waals surface area contributed by atoms with Crippen LogP contribution in [0.2, 0.25) is 0 Å². The van der Waals surface area contributed by atoms with Gasteiger partial charge in [0.05, 0.1) is 11.2 Å². The molecule has 0 saturated carbocycles. The molecule has 0 saturated heterocycles. The molecule has 1 aliphatic heterocycles. The minimum absolute atomic E-state index is 0.387. The van der Waals surface area contributed by atoms with Gasteiger partial charge >= 0.3 is 0 Å². The number of benzene rings is 1. The molecule has 2 rings (SSSR count). The summed E-state index contributed by atoms with van der Waals surface area (Å²) in [5.74, 6) is 0. The lowest BCUT2D eigenvalue weighted by Crippen LogP contribution is -2.36. The molecular weight excluding hydrogens is 348 g/mol. The van der Waals surface area contributed by atoms with Crippen LogP contribution in [0.1, 0.15) is 32.3 Å². The Kier molecular flexibility index (Phi) is 8.13. The summed E-state index contributed by atoms with van der Waals surface area (Å²) in [5.41, 5.74) is 1.18. The summed E-state index contributed by atoms with van der Waals surface area (Å²) >= 11 is 0. The molecule has 0 unspecified atom stereocenters. The molecule has 0 fully saturated rings. The zero-order chi connectivity index (χ0) is 19.0. The van der Waals surface area contributed by atoms with Crippen molar-refractivity contribution >= 4 is 9.84 Å². The van der Waals surface area contributed by atoms with Gasteiger partial charge < -0.3 is 9.64 Å². The lowest BCUT2D eigenvalue weighted by molar-refractivity contribution is 0.0805. The highest BCUT2D eigenvalue weighted by molar-refractivity contribution is 7.90. The van der Waals surface area contributed by atoms with Crippen LogP contribution in [-0.2, 0) is 21.0 Å². The van der Waals surface area contributed by atoms with Gasteiger partial charge in [-0.3, -0.25) is 4.90 Å². The van der Waals surface area contributed by atoms with Crippen molar-refractivity contribution in [1.82, 2.24) is 9.80 Å². The van der Waals surface area contributed by atoms with Gasteiger partial charge in [-0.1, -0.05) is 19.1 Å². The third-order valence-electron chi connectivity index (χ3n) is 4.89. The number of unbranched alkanes of at least 4 members (excludes halogenated alkanes) is 1. The summed E-state index contributed by atoms with van der Waals surface area (Å²) in [7, 11) is -3.12. The van der Waals surface area contributed by atoms with Crippen molar-refractivity contribution < 1.29 is 13.2 Å². The van der Waals surface area contributed by atoms with Crippen molar-refractivity contribution in [1.29, 1.82) is 0 Å². The minimum atomic E-state index is -3.12. The molecule has 1 aromatic rings. The van der Waals surface area contributed by atoms with E-state index in [1.807, 2.05) is 12.1 Å². The topological polar surface area (TPSA) is 49.9 Å². The Bertz CT molecular complexity index is 671. The molecule has 0 N–H and O–H groups in total. The van der Waals surface area contributed by atoms with Crippen LogP contribution in [0.15, 0.2) is 41.5 Å². The molecule has 146 valence electrons. The normalized spacial score (nSPS) is 16.6. The Morgan fingerprint density at radius 1 is 1.23 bits per heavy atom. The third kappa shape index (κ3) is 6.74. The van der Waals surface area contributed by atoms with Crippen molar-refractivity contribution in [2.24, 2.45) is 0 Å². The summed E-state index contributed by atoms with van der Waals surface area (Å²) in [6, 6.07) is 7.73. The van der Waals surface area contributed by atoms with E-state index in [2.05, 4.69) is 29.7 Å². The molecule has 0 aliphatic carbocycles. The van der Waals surface area contributed by atoms with E-state index < -0.39 is 9.84 Å². The molecule has 6 heteroatoms. The Labute approximate surface area is 158 Å². The molecule has 0 aromatic heterocycles. The van der Waals surface area contributed by atoms with Crippen LogP contribution in [-0.4, -0.2) is 63.4 Å². The van der Waals surface area contributed by atoms with E-state index in [-0.39, 0.29) is 0 Å². The third-order valence-corrected chi connectivity index (χ3v) is 6.02. The van der Waals surface area contributed by atoms with Gasteiger partial charge in [0, 0.05) is 25.4 Å². The minimum Gasteiger partial charge on any atom is -0.486 e. The highest BCUT2D eigenvalue weighted by Crippen LogP contribution is 2.14. The summed E-state index contributed by atoms with van der Waals surface area (Å²) in [4.78, 5) is 5.19. The fraction of sp³-hybridized carbons (Fsp3) is 0.600.